The summed E-state index contributed by atoms with van der Waals surface area (Å²) in [5, 5.41) is 1.42. The number of H-pyrrole nitrogens is 1. The molecule has 0 fully saturated rings. The van der Waals surface area contributed by atoms with Gasteiger partial charge >= 0.3 is 0 Å². The number of carbonyl (C=O) groups is 1. The van der Waals surface area contributed by atoms with E-state index in [0.717, 1.165) is 22.2 Å². The molecule has 2 aromatic carbocycles. The Kier molecular flexibility index (Phi) is 5.08. The molecule has 5 nitrogen and oxygen atoms in total. The molecule has 1 heterocycles. The molecular weight excluding hydrogens is 340 g/mol. The van der Waals surface area contributed by atoms with Gasteiger partial charge in [0, 0.05) is 33.6 Å². The summed E-state index contributed by atoms with van der Waals surface area (Å²) in [7, 11) is 1.56. The third-order valence-electron chi connectivity index (χ3n) is 4.27. The first-order chi connectivity index (χ1) is 12.1. The number of aryl methyl sites for hydroxylation is 1. The smallest absolute Gasteiger partial charge is 0.197 e. The van der Waals surface area contributed by atoms with Crippen molar-refractivity contribution in [3.05, 3.63) is 63.8 Å². The zero-order valence-electron chi connectivity index (χ0n) is 14.1. The first-order valence-electron chi connectivity index (χ1n) is 7.87. The van der Waals surface area contributed by atoms with Crippen LogP contribution in [-0.4, -0.2) is 24.5 Å². The largest absolute Gasteiger partial charge is 0.496 e. The van der Waals surface area contributed by atoms with Crippen molar-refractivity contribution >= 4 is 28.3 Å². The summed E-state index contributed by atoms with van der Waals surface area (Å²) in [6.45, 7) is 2.33. The molecule has 0 saturated carbocycles. The van der Waals surface area contributed by atoms with Gasteiger partial charge in [0.05, 0.1) is 19.3 Å². The third kappa shape index (κ3) is 3.26. The molecule has 6 heteroatoms. The molecule has 0 bridgehead atoms. The van der Waals surface area contributed by atoms with Gasteiger partial charge in [-0.3, -0.25) is 4.79 Å². The molecule has 0 unspecified atom stereocenters. The number of hydrogen-bond acceptors (Lipinski definition) is 4. The van der Waals surface area contributed by atoms with Gasteiger partial charge in [0.25, 0.3) is 0 Å². The highest BCUT2D eigenvalue weighted by molar-refractivity contribution is 6.30. The number of ether oxygens (including phenoxy) is 1. The van der Waals surface area contributed by atoms with Crippen molar-refractivity contribution in [2.24, 2.45) is 5.90 Å². The minimum atomic E-state index is -0.118. The molecule has 0 aliphatic rings. The minimum Gasteiger partial charge on any atom is -0.496 e. The van der Waals surface area contributed by atoms with Crippen LogP contribution in [0.15, 0.2) is 36.4 Å². The molecule has 3 rings (SSSR count). The zero-order valence-corrected chi connectivity index (χ0v) is 14.8. The summed E-state index contributed by atoms with van der Waals surface area (Å²) in [6.07, 6.45) is 0.594. The SMILES string of the molecule is COc1ccc2[nH]c(C)c(CCON)c2c1C(=O)c1ccc(Cl)cc1. The van der Waals surface area contributed by atoms with E-state index in [1.165, 1.54) is 0 Å². The number of nitrogens with two attached hydrogens (primary N) is 1. The molecule has 0 amide bonds. The van der Waals surface area contributed by atoms with E-state index in [4.69, 9.17) is 27.1 Å². The summed E-state index contributed by atoms with van der Waals surface area (Å²) in [6, 6.07) is 10.5. The Morgan fingerprint density at radius 2 is 1.92 bits per heavy atom. The predicted octanol–water partition coefficient (Wildman–Crippen LogP) is 3.80. The van der Waals surface area contributed by atoms with E-state index >= 15 is 0 Å². The van der Waals surface area contributed by atoms with E-state index < -0.39 is 0 Å². The van der Waals surface area contributed by atoms with Crippen molar-refractivity contribution in [1.29, 1.82) is 0 Å². The molecule has 0 aliphatic carbocycles. The quantitative estimate of drug-likeness (QED) is 0.519. The molecule has 1 aromatic heterocycles. The second-order valence-corrected chi connectivity index (χ2v) is 6.19. The Hall–Kier alpha value is -2.34. The van der Waals surface area contributed by atoms with Crippen LogP contribution < -0.4 is 10.6 Å². The van der Waals surface area contributed by atoms with E-state index in [-0.39, 0.29) is 5.78 Å². The molecule has 3 N–H and O–H groups in total. The highest BCUT2D eigenvalue weighted by Crippen LogP contribution is 2.34. The lowest BCUT2D eigenvalue weighted by molar-refractivity contribution is 0.103. The molecule has 0 aliphatic heterocycles. The van der Waals surface area contributed by atoms with Gasteiger partial charge in [0.2, 0.25) is 0 Å². The number of benzene rings is 2. The number of nitrogens with one attached hydrogen (secondary N) is 1. The lowest BCUT2D eigenvalue weighted by Gasteiger charge is -2.11. The van der Waals surface area contributed by atoms with E-state index in [1.54, 1.807) is 37.4 Å². The Balaban J connectivity index is 2.23. The van der Waals surface area contributed by atoms with Crippen LogP contribution in [0.2, 0.25) is 5.02 Å². The van der Waals surface area contributed by atoms with Gasteiger partial charge < -0.3 is 14.6 Å². The van der Waals surface area contributed by atoms with Crippen LogP contribution in [-0.2, 0) is 11.3 Å². The van der Waals surface area contributed by atoms with E-state index in [0.29, 0.717) is 34.9 Å². The Bertz CT molecular complexity index is 917. The summed E-state index contributed by atoms with van der Waals surface area (Å²) in [4.78, 5) is 21.2. The number of aromatic nitrogens is 1. The molecule has 0 saturated heterocycles. The Morgan fingerprint density at radius 1 is 1.20 bits per heavy atom. The van der Waals surface area contributed by atoms with Gasteiger partial charge in [-0.25, -0.2) is 5.90 Å². The van der Waals surface area contributed by atoms with Crippen molar-refractivity contribution in [1.82, 2.24) is 4.98 Å². The third-order valence-corrected chi connectivity index (χ3v) is 4.52. The number of ketones is 1. The summed E-state index contributed by atoms with van der Waals surface area (Å²) in [5.41, 5.74) is 3.93. The van der Waals surface area contributed by atoms with Crippen molar-refractivity contribution in [3.63, 3.8) is 0 Å². The number of methoxy groups -OCH3 is 1. The molecule has 0 spiro atoms. The van der Waals surface area contributed by atoms with E-state index in [9.17, 15) is 4.79 Å². The normalized spacial score (nSPS) is 11.0. The molecule has 0 atom stereocenters. The first-order valence-corrected chi connectivity index (χ1v) is 8.24. The number of carbonyl (C=O) groups excluding carboxylic acids is 1. The number of hydrogen-bond donors (Lipinski definition) is 2. The first kappa shape index (κ1) is 17.5. The van der Waals surface area contributed by atoms with Crippen molar-refractivity contribution < 1.29 is 14.4 Å². The maximum absolute atomic E-state index is 13.2. The van der Waals surface area contributed by atoms with Gasteiger partial charge in [0.15, 0.2) is 5.78 Å². The van der Waals surface area contributed by atoms with Crippen LogP contribution in [0.4, 0.5) is 0 Å². The molecule has 3 aromatic rings. The van der Waals surface area contributed by atoms with Crippen molar-refractivity contribution in [2.45, 2.75) is 13.3 Å². The lowest BCUT2D eigenvalue weighted by Crippen LogP contribution is -2.07. The van der Waals surface area contributed by atoms with Crippen LogP contribution in [0.25, 0.3) is 10.9 Å². The molecule has 0 radical (unpaired) electrons. The van der Waals surface area contributed by atoms with Gasteiger partial charge in [-0.2, -0.15) is 0 Å². The average Bonchev–Trinajstić information content (AvgIpc) is 2.94. The van der Waals surface area contributed by atoms with Crippen LogP contribution in [0.1, 0.15) is 27.2 Å². The number of fused-ring (bicyclic) bond motifs is 1. The van der Waals surface area contributed by atoms with Gasteiger partial charge in [-0.15, -0.1) is 0 Å². The number of rotatable bonds is 6. The predicted molar refractivity (Wildman–Crippen MR) is 98.3 cm³/mol. The fourth-order valence-electron chi connectivity index (χ4n) is 3.08. The Labute approximate surface area is 150 Å². The summed E-state index contributed by atoms with van der Waals surface area (Å²) in [5.74, 6) is 5.60. The van der Waals surface area contributed by atoms with E-state index in [1.807, 2.05) is 13.0 Å². The highest BCUT2D eigenvalue weighted by Gasteiger charge is 2.22. The second kappa shape index (κ2) is 7.27. The van der Waals surface area contributed by atoms with Gasteiger partial charge in [-0.1, -0.05) is 11.6 Å². The van der Waals surface area contributed by atoms with Crippen molar-refractivity contribution in [2.75, 3.05) is 13.7 Å². The van der Waals surface area contributed by atoms with Gasteiger partial charge in [0.1, 0.15) is 5.75 Å². The summed E-state index contributed by atoms with van der Waals surface area (Å²) < 4.78 is 5.47. The standard InChI is InChI=1S/C19H19ClN2O3/c1-11-14(9-10-25-21)17-15(22-11)7-8-16(24-2)18(17)19(23)12-3-5-13(20)6-4-12/h3-8,22H,9-10,21H2,1-2H3. The average molecular weight is 359 g/mol. The van der Waals surface area contributed by atoms with Crippen molar-refractivity contribution in [3.8, 4) is 5.75 Å². The van der Waals surface area contributed by atoms with E-state index in [2.05, 4.69) is 4.98 Å². The maximum atomic E-state index is 13.2. The monoisotopic (exact) mass is 358 g/mol. The fraction of sp³-hybridized carbons (Fsp3) is 0.211. The number of aromatic amines is 1. The van der Waals surface area contributed by atoms with Crippen LogP contribution in [0.3, 0.4) is 0 Å². The lowest BCUT2D eigenvalue weighted by atomic mass is 9.95. The Morgan fingerprint density at radius 3 is 2.56 bits per heavy atom. The molecule has 130 valence electrons. The highest BCUT2D eigenvalue weighted by atomic mass is 35.5. The van der Waals surface area contributed by atoms with Crippen LogP contribution >= 0.6 is 11.6 Å². The second-order valence-electron chi connectivity index (χ2n) is 5.75. The zero-order chi connectivity index (χ0) is 18.0. The minimum absolute atomic E-state index is 0.118. The topological polar surface area (TPSA) is 77.3 Å². The fourth-order valence-corrected chi connectivity index (χ4v) is 3.21. The van der Waals surface area contributed by atoms with Crippen LogP contribution in [0, 0.1) is 6.92 Å². The molecule has 25 heavy (non-hydrogen) atoms. The summed E-state index contributed by atoms with van der Waals surface area (Å²) >= 11 is 5.94. The maximum Gasteiger partial charge on any atom is 0.197 e. The molecular formula is C19H19ClN2O3. The number of halogens is 1. The van der Waals surface area contributed by atoms with Gasteiger partial charge in [-0.05, 0) is 48.9 Å². The van der Waals surface area contributed by atoms with Crippen LogP contribution in [0.5, 0.6) is 5.75 Å².